The van der Waals surface area contributed by atoms with Crippen molar-refractivity contribution in [3.63, 3.8) is 0 Å². The molecule has 0 aliphatic carbocycles. The van der Waals surface area contributed by atoms with Crippen molar-refractivity contribution in [1.29, 1.82) is 0 Å². The van der Waals surface area contributed by atoms with E-state index in [1.165, 1.54) is 4.90 Å². The molecule has 0 spiro atoms. The van der Waals surface area contributed by atoms with Crippen LogP contribution in [-0.2, 0) is 56.9 Å². The summed E-state index contributed by atoms with van der Waals surface area (Å²) in [6, 6.07) is 11.3. The summed E-state index contributed by atoms with van der Waals surface area (Å²) < 4.78 is 23.7. The molecule has 1 atom stereocenters. The Morgan fingerprint density at radius 2 is 1.54 bits per heavy atom. The predicted molar refractivity (Wildman–Crippen MR) is 167 cm³/mol. The fourth-order valence-electron chi connectivity index (χ4n) is 5.77. The van der Waals surface area contributed by atoms with Crippen LogP contribution in [0.2, 0.25) is 0 Å². The molecule has 0 amide bonds. The highest BCUT2D eigenvalue weighted by atomic mass is 16.6. The maximum Gasteiger partial charge on any atom is 0.355 e. The van der Waals surface area contributed by atoms with Crippen molar-refractivity contribution in [1.82, 2.24) is 14.5 Å². The number of pyridine rings is 2. The van der Waals surface area contributed by atoms with E-state index < -0.39 is 60.3 Å². The molecule has 0 saturated carbocycles. The van der Waals surface area contributed by atoms with E-state index in [0.717, 1.165) is 16.5 Å². The molecule has 1 aromatic carbocycles. The van der Waals surface area contributed by atoms with Crippen LogP contribution in [0.4, 0.5) is 0 Å². The highest BCUT2D eigenvalue weighted by Crippen LogP contribution is 2.41. The van der Waals surface area contributed by atoms with E-state index in [1.807, 2.05) is 30.3 Å². The summed E-state index contributed by atoms with van der Waals surface area (Å²) in [5, 5.41) is 0.935. The molecule has 0 N–H and O–H groups in total. The third-order valence-electron chi connectivity index (χ3n) is 7.57. The quantitative estimate of drug-likeness (QED) is 0.207. The molecular weight excluding hydrogens is 594 g/mol. The molecule has 4 heterocycles. The zero-order valence-electron chi connectivity index (χ0n) is 27.2. The Hall–Kier alpha value is -4.58. The van der Waals surface area contributed by atoms with Gasteiger partial charge in [-0.25, -0.2) is 9.78 Å². The average Bonchev–Trinajstić information content (AvgIpc) is 3.29. The van der Waals surface area contributed by atoms with E-state index in [2.05, 4.69) is 0 Å². The molecule has 0 unspecified atom stereocenters. The molecule has 12 heteroatoms. The molecule has 0 saturated heterocycles. The topological polar surface area (TPSA) is 143 Å². The summed E-state index contributed by atoms with van der Waals surface area (Å²) in [6.07, 6.45) is -0.0381. The van der Waals surface area contributed by atoms with Crippen LogP contribution in [0.3, 0.4) is 0 Å². The first-order valence-corrected chi connectivity index (χ1v) is 15.2. The van der Waals surface area contributed by atoms with Crippen molar-refractivity contribution < 1.29 is 38.1 Å². The molecule has 0 radical (unpaired) electrons. The van der Waals surface area contributed by atoms with Crippen molar-refractivity contribution in [2.75, 3.05) is 19.6 Å². The molecule has 2 aliphatic rings. The average molecular weight is 634 g/mol. The Balaban J connectivity index is 1.47. The highest BCUT2D eigenvalue weighted by Gasteiger charge is 2.50. The zero-order valence-corrected chi connectivity index (χ0v) is 27.2. The number of carbonyl (C=O) groups excluding carboxylic acids is 4. The highest BCUT2D eigenvalue weighted by molar-refractivity contribution is 5.89. The number of ether oxygens (including phenoxy) is 4. The van der Waals surface area contributed by atoms with Crippen molar-refractivity contribution >= 4 is 34.8 Å². The van der Waals surface area contributed by atoms with Gasteiger partial charge in [-0.05, 0) is 66.2 Å². The minimum absolute atomic E-state index is 0.0381. The molecule has 2 aliphatic heterocycles. The van der Waals surface area contributed by atoms with Gasteiger partial charge in [0.1, 0.15) is 17.8 Å². The summed E-state index contributed by atoms with van der Waals surface area (Å²) in [5.41, 5.74) is -0.767. The fraction of sp³-hybridized carbons (Fsp3) is 0.471. The number of hydrogen-bond acceptors (Lipinski definition) is 11. The molecule has 3 aromatic rings. The lowest BCUT2D eigenvalue weighted by molar-refractivity contribution is -0.190. The van der Waals surface area contributed by atoms with Crippen LogP contribution in [0.1, 0.15) is 71.6 Å². The second kappa shape index (κ2) is 12.0. The molecule has 244 valence electrons. The Bertz CT molecular complexity index is 1770. The minimum Gasteiger partial charge on any atom is -0.459 e. The van der Waals surface area contributed by atoms with Crippen molar-refractivity contribution in [3.05, 3.63) is 63.4 Å². The first-order chi connectivity index (χ1) is 21.5. The maximum atomic E-state index is 13.8. The molecule has 2 aromatic heterocycles. The van der Waals surface area contributed by atoms with Gasteiger partial charge in [-0.2, -0.15) is 0 Å². The lowest BCUT2D eigenvalue weighted by atomic mass is 9.85. The van der Waals surface area contributed by atoms with Gasteiger partial charge in [0.05, 0.1) is 48.6 Å². The summed E-state index contributed by atoms with van der Waals surface area (Å²) in [6.45, 7) is 10.5. The number of para-hydroxylation sites is 1. The SMILES string of the molecule is CC[C@@]1(OC(=O)CN(CC(=O)OC(C)(C)C)CC(=O)OC(C)(C)C)C(=O)OCc2c1cc1n(c2=O)Cc2cc3ccccc3nc2-1. The van der Waals surface area contributed by atoms with E-state index in [4.69, 9.17) is 23.9 Å². The normalized spacial score (nSPS) is 17.2. The molecule has 0 fully saturated rings. The van der Waals surface area contributed by atoms with Gasteiger partial charge < -0.3 is 23.5 Å². The maximum absolute atomic E-state index is 13.8. The number of nitrogens with zero attached hydrogens (tertiary/aromatic N) is 3. The van der Waals surface area contributed by atoms with Gasteiger partial charge in [0.2, 0.25) is 5.60 Å². The van der Waals surface area contributed by atoms with Crippen LogP contribution in [0.15, 0.2) is 41.2 Å². The monoisotopic (exact) mass is 633 g/mol. The third kappa shape index (κ3) is 6.67. The Morgan fingerprint density at radius 3 is 2.15 bits per heavy atom. The summed E-state index contributed by atoms with van der Waals surface area (Å²) in [7, 11) is 0. The van der Waals surface area contributed by atoms with E-state index in [0.29, 0.717) is 17.9 Å². The second-order valence-corrected chi connectivity index (χ2v) is 13.6. The van der Waals surface area contributed by atoms with Crippen LogP contribution in [0, 0.1) is 0 Å². The number of benzene rings is 1. The van der Waals surface area contributed by atoms with Crippen LogP contribution in [0.25, 0.3) is 22.3 Å². The minimum atomic E-state index is -1.94. The van der Waals surface area contributed by atoms with Gasteiger partial charge in [0.15, 0.2) is 0 Å². The lowest BCUT2D eigenvalue weighted by Crippen LogP contribution is -2.49. The van der Waals surface area contributed by atoms with Crippen LogP contribution >= 0.6 is 0 Å². The smallest absolute Gasteiger partial charge is 0.355 e. The lowest BCUT2D eigenvalue weighted by Gasteiger charge is -2.36. The number of cyclic esters (lactones) is 1. The first-order valence-electron chi connectivity index (χ1n) is 15.2. The Kier molecular flexibility index (Phi) is 8.54. The Labute approximate surface area is 266 Å². The molecule has 46 heavy (non-hydrogen) atoms. The largest absolute Gasteiger partial charge is 0.459 e. The third-order valence-corrected chi connectivity index (χ3v) is 7.57. The standard InChI is InChI=1S/C34H39N3O9/c1-8-34(46-28(40)18-36(16-26(38)44-32(2,3)4)17-27(39)45-33(5,6)7)23-14-25-29-21(13-20-11-9-10-12-24(20)35-29)15-37(25)30(41)22(23)19-43-31(34)42/h9-14H,8,15-19H2,1-7H3/t34-/m0/s1. The van der Waals surface area contributed by atoms with Crippen molar-refractivity contribution in [2.24, 2.45) is 0 Å². The van der Waals surface area contributed by atoms with Crippen molar-refractivity contribution in [3.8, 4) is 11.4 Å². The summed E-state index contributed by atoms with van der Waals surface area (Å²) in [5.74, 6) is -3.07. The van der Waals surface area contributed by atoms with Gasteiger partial charge in [0, 0.05) is 16.5 Å². The molecular formula is C34H39N3O9. The number of fused-ring (bicyclic) bond motifs is 5. The number of carbonyl (C=O) groups is 4. The van der Waals surface area contributed by atoms with Gasteiger partial charge in [-0.3, -0.25) is 24.1 Å². The number of esters is 4. The zero-order chi connectivity index (χ0) is 33.6. The van der Waals surface area contributed by atoms with Gasteiger partial charge in [-0.1, -0.05) is 25.1 Å². The van der Waals surface area contributed by atoms with Crippen LogP contribution in [0.5, 0.6) is 0 Å². The van der Waals surface area contributed by atoms with Crippen molar-refractivity contribution in [2.45, 2.75) is 84.8 Å². The van der Waals surface area contributed by atoms with Crippen LogP contribution in [-0.4, -0.2) is 69.2 Å². The van der Waals surface area contributed by atoms with E-state index in [1.54, 1.807) is 59.1 Å². The number of hydrogen-bond donors (Lipinski definition) is 0. The first kappa shape index (κ1) is 32.8. The van der Waals surface area contributed by atoms with Gasteiger partial charge in [0.25, 0.3) is 5.56 Å². The summed E-state index contributed by atoms with van der Waals surface area (Å²) in [4.78, 5) is 72.2. The predicted octanol–water partition coefficient (Wildman–Crippen LogP) is 3.62. The number of aromatic nitrogens is 2. The number of rotatable bonds is 8. The second-order valence-electron chi connectivity index (χ2n) is 13.6. The molecule has 5 rings (SSSR count). The molecule has 12 nitrogen and oxygen atoms in total. The Morgan fingerprint density at radius 1 is 0.935 bits per heavy atom. The van der Waals surface area contributed by atoms with Gasteiger partial charge in [-0.15, -0.1) is 0 Å². The van der Waals surface area contributed by atoms with E-state index in [-0.39, 0.29) is 29.7 Å². The van der Waals surface area contributed by atoms with E-state index in [9.17, 15) is 24.0 Å². The fourth-order valence-corrected chi connectivity index (χ4v) is 5.77. The van der Waals surface area contributed by atoms with Crippen LogP contribution < -0.4 is 5.56 Å². The summed E-state index contributed by atoms with van der Waals surface area (Å²) >= 11 is 0. The molecule has 0 bridgehead atoms. The van der Waals surface area contributed by atoms with E-state index >= 15 is 0 Å². The van der Waals surface area contributed by atoms with Gasteiger partial charge >= 0.3 is 23.9 Å².